The van der Waals surface area contributed by atoms with Gasteiger partial charge in [0.1, 0.15) is 11.6 Å². The minimum absolute atomic E-state index is 0.652. The third-order valence-corrected chi connectivity index (χ3v) is 4.79. The predicted molar refractivity (Wildman–Crippen MR) is 115 cm³/mol. The lowest BCUT2D eigenvalue weighted by Crippen LogP contribution is -2.08. The Labute approximate surface area is 169 Å². The number of nitrogens with zero attached hydrogens (tertiary/aromatic N) is 2. The molecule has 0 atom stereocenters. The van der Waals surface area contributed by atoms with Gasteiger partial charge in [-0.15, -0.1) is 0 Å². The zero-order valence-electron chi connectivity index (χ0n) is 15.5. The Morgan fingerprint density at radius 3 is 2.46 bits per heavy atom. The summed E-state index contributed by atoms with van der Waals surface area (Å²) in [6.07, 6.45) is 0.914. The maximum absolute atomic E-state index is 6.20. The van der Waals surface area contributed by atoms with Crippen LogP contribution in [0.2, 0.25) is 5.02 Å². The molecule has 4 rings (SSSR count). The molecule has 0 radical (unpaired) electrons. The van der Waals surface area contributed by atoms with Crippen molar-refractivity contribution in [2.75, 3.05) is 19.0 Å². The number of benzene rings is 3. The van der Waals surface area contributed by atoms with E-state index >= 15 is 0 Å². The summed E-state index contributed by atoms with van der Waals surface area (Å²) in [5, 5.41) is 5.08. The lowest BCUT2D eigenvalue weighted by atomic mass is 10.1. The SMILES string of the molecule is COc1ccc(-c2nc(NCCc3ccccc3)c3ccc(Cl)cc3n2)cc1. The maximum atomic E-state index is 6.20. The van der Waals surface area contributed by atoms with E-state index in [0.717, 1.165) is 41.0 Å². The Kier molecular flexibility index (Phi) is 5.40. The number of halogens is 1. The van der Waals surface area contributed by atoms with Crippen LogP contribution in [-0.2, 0) is 6.42 Å². The average molecular weight is 390 g/mol. The molecule has 140 valence electrons. The summed E-state index contributed by atoms with van der Waals surface area (Å²) < 4.78 is 5.24. The Morgan fingerprint density at radius 2 is 1.71 bits per heavy atom. The molecule has 0 amide bonds. The van der Waals surface area contributed by atoms with E-state index in [2.05, 4.69) is 29.6 Å². The molecule has 0 aliphatic heterocycles. The van der Waals surface area contributed by atoms with Crippen molar-refractivity contribution >= 4 is 28.3 Å². The standard InChI is InChI=1S/C23H20ClN3O/c1-28-19-10-7-17(8-11-19)22-26-21-15-18(24)9-12-20(21)23(27-22)25-14-13-16-5-3-2-4-6-16/h2-12,15H,13-14H2,1H3,(H,25,26,27). The fraction of sp³-hybridized carbons (Fsp3) is 0.130. The van der Waals surface area contributed by atoms with E-state index in [0.29, 0.717) is 10.8 Å². The Morgan fingerprint density at radius 1 is 0.929 bits per heavy atom. The monoisotopic (exact) mass is 389 g/mol. The average Bonchev–Trinajstić information content (AvgIpc) is 2.74. The molecule has 4 aromatic rings. The van der Waals surface area contributed by atoms with Gasteiger partial charge < -0.3 is 10.1 Å². The summed E-state index contributed by atoms with van der Waals surface area (Å²) in [6, 6.07) is 23.8. The normalized spacial score (nSPS) is 10.8. The first-order valence-electron chi connectivity index (χ1n) is 9.12. The summed E-state index contributed by atoms with van der Waals surface area (Å²) in [4.78, 5) is 9.49. The van der Waals surface area contributed by atoms with Gasteiger partial charge >= 0.3 is 0 Å². The van der Waals surface area contributed by atoms with Crippen LogP contribution in [-0.4, -0.2) is 23.6 Å². The topological polar surface area (TPSA) is 47.0 Å². The van der Waals surface area contributed by atoms with Crippen LogP contribution in [0.3, 0.4) is 0 Å². The molecule has 5 heteroatoms. The highest BCUT2D eigenvalue weighted by atomic mass is 35.5. The van der Waals surface area contributed by atoms with Gasteiger partial charge in [-0.2, -0.15) is 0 Å². The first kappa shape index (κ1) is 18.3. The van der Waals surface area contributed by atoms with Gasteiger partial charge in [0.2, 0.25) is 0 Å². The molecule has 0 bridgehead atoms. The number of hydrogen-bond acceptors (Lipinski definition) is 4. The molecule has 0 saturated carbocycles. The molecule has 0 spiro atoms. The number of rotatable bonds is 6. The van der Waals surface area contributed by atoms with Gasteiger partial charge in [0, 0.05) is 22.5 Å². The Balaban J connectivity index is 1.66. The van der Waals surface area contributed by atoms with E-state index in [1.807, 2.05) is 48.5 Å². The number of fused-ring (bicyclic) bond motifs is 1. The number of aromatic nitrogens is 2. The summed E-state index contributed by atoms with van der Waals surface area (Å²) >= 11 is 6.20. The minimum atomic E-state index is 0.652. The molecule has 0 fully saturated rings. The molecule has 1 N–H and O–H groups in total. The quantitative estimate of drug-likeness (QED) is 0.465. The first-order chi connectivity index (χ1) is 13.7. The van der Waals surface area contributed by atoms with E-state index in [1.54, 1.807) is 7.11 Å². The van der Waals surface area contributed by atoms with Crippen molar-refractivity contribution < 1.29 is 4.74 Å². The molecule has 1 heterocycles. The van der Waals surface area contributed by atoms with E-state index in [9.17, 15) is 0 Å². The third kappa shape index (κ3) is 4.07. The highest BCUT2D eigenvalue weighted by Gasteiger charge is 2.10. The predicted octanol–water partition coefficient (Wildman–Crippen LogP) is 5.61. The van der Waals surface area contributed by atoms with E-state index in [1.165, 1.54) is 5.56 Å². The van der Waals surface area contributed by atoms with Gasteiger partial charge in [-0.05, 0) is 54.4 Å². The smallest absolute Gasteiger partial charge is 0.162 e. The number of anilines is 1. The van der Waals surface area contributed by atoms with E-state index in [4.69, 9.17) is 26.3 Å². The largest absolute Gasteiger partial charge is 0.497 e. The number of methoxy groups -OCH3 is 1. The molecule has 28 heavy (non-hydrogen) atoms. The van der Waals surface area contributed by atoms with Gasteiger partial charge in [0.05, 0.1) is 12.6 Å². The number of nitrogens with one attached hydrogen (secondary N) is 1. The number of ether oxygens (including phenoxy) is 1. The second kappa shape index (κ2) is 8.28. The summed E-state index contributed by atoms with van der Waals surface area (Å²) in [5.41, 5.74) is 3.02. The van der Waals surface area contributed by atoms with Gasteiger partial charge in [-0.1, -0.05) is 41.9 Å². The van der Waals surface area contributed by atoms with Crippen LogP contribution in [0.15, 0.2) is 72.8 Å². The van der Waals surface area contributed by atoms with Crippen LogP contribution < -0.4 is 10.1 Å². The summed E-state index contributed by atoms with van der Waals surface area (Å²) in [7, 11) is 1.65. The zero-order chi connectivity index (χ0) is 19.3. The van der Waals surface area contributed by atoms with Crippen LogP contribution in [0.1, 0.15) is 5.56 Å². The van der Waals surface area contributed by atoms with Crippen LogP contribution in [0.25, 0.3) is 22.3 Å². The Hall–Kier alpha value is -3.11. The molecular formula is C23H20ClN3O. The first-order valence-corrected chi connectivity index (χ1v) is 9.50. The van der Waals surface area contributed by atoms with Gasteiger partial charge in [0.25, 0.3) is 0 Å². The van der Waals surface area contributed by atoms with Crippen LogP contribution in [0.4, 0.5) is 5.82 Å². The van der Waals surface area contributed by atoms with Crippen molar-refractivity contribution in [3.63, 3.8) is 0 Å². The second-order valence-corrected chi connectivity index (χ2v) is 6.88. The third-order valence-electron chi connectivity index (χ3n) is 4.56. The van der Waals surface area contributed by atoms with Crippen molar-refractivity contribution in [2.24, 2.45) is 0 Å². The van der Waals surface area contributed by atoms with Crippen LogP contribution in [0.5, 0.6) is 5.75 Å². The second-order valence-electron chi connectivity index (χ2n) is 6.45. The van der Waals surface area contributed by atoms with Gasteiger partial charge in [-0.25, -0.2) is 9.97 Å². The van der Waals surface area contributed by atoms with E-state index in [-0.39, 0.29) is 0 Å². The molecule has 0 aliphatic carbocycles. The fourth-order valence-electron chi connectivity index (χ4n) is 3.08. The summed E-state index contributed by atoms with van der Waals surface area (Å²) in [5.74, 6) is 2.26. The molecular weight excluding hydrogens is 370 g/mol. The van der Waals surface area contributed by atoms with Crippen LogP contribution >= 0.6 is 11.6 Å². The molecule has 1 aromatic heterocycles. The highest BCUT2D eigenvalue weighted by molar-refractivity contribution is 6.31. The number of hydrogen-bond donors (Lipinski definition) is 1. The van der Waals surface area contributed by atoms with Crippen LogP contribution in [0, 0.1) is 0 Å². The van der Waals surface area contributed by atoms with Crippen molar-refractivity contribution in [3.8, 4) is 17.1 Å². The molecule has 0 aliphatic rings. The van der Waals surface area contributed by atoms with Crippen molar-refractivity contribution in [1.29, 1.82) is 0 Å². The van der Waals surface area contributed by atoms with Crippen molar-refractivity contribution in [2.45, 2.75) is 6.42 Å². The highest BCUT2D eigenvalue weighted by Crippen LogP contribution is 2.28. The molecule has 4 nitrogen and oxygen atoms in total. The molecule has 3 aromatic carbocycles. The lowest BCUT2D eigenvalue weighted by molar-refractivity contribution is 0.415. The Bertz CT molecular complexity index is 1080. The summed E-state index contributed by atoms with van der Waals surface area (Å²) in [6.45, 7) is 0.779. The van der Waals surface area contributed by atoms with Gasteiger partial charge in [-0.3, -0.25) is 0 Å². The van der Waals surface area contributed by atoms with Crippen molar-refractivity contribution in [3.05, 3.63) is 83.4 Å². The van der Waals surface area contributed by atoms with Gasteiger partial charge in [0.15, 0.2) is 5.82 Å². The molecule has 0 saturated heterocycles. The maximum Gasteiger partial charge on any atom is 0.162 e. The minimum Gasteiger partial charge on any atom is -0.497 e. The lowest BCUT2D eigenvalue weighted by Gasteiger charge is -2.12. The van der Waals surface area contributed by atoms with E-state index < -0.39 is 0 Å². The fourth-order valence-corrected chi connectivity index (χ4v) is 3.24. The zero-order valence-corrected chi connectivity index (χ0v) is 16.3. The van der Waals surface area contributed by atoms with Crippen molar-refractivity contribution in [1.82, 2.24) is 9.97 Å². The molecule has 0 unspecified atom stereocenters.